The standard InChI is InChI=1S/C18H31N/c1-5-6-7-8-16(4)19-14-18-11-9-17(10-12-18)13-15(2)3/h9-12,15-16,19H,5-8,13-14H2,1-4H3. The summed E-state index contributed by atoms with van der Waals surface area (Å²) < 4.78 is 0. The van der Waals surface area contributed by atoms with Crippen molar-refractivity contribution in [3.05, 3.63) is 35.4 Å². The average molecular weight is 261 g/mol. The summed E-state index contributed by atoms with van der Waals surface area (Å²) in [7, 11) is 0. The van der Waals surface area contributed by atoms with Crippen LogP contribution in [0.5, 0.6) is 0 Å². The van der Waals surface area contributed by atoms with Gasteiger partial charge in [0.1, 0.15) is 0 Å². The minimum Gasteiger partial charge on any atom is -0.310 e. The molecule has 0 aliphatic carbocycles. The second kappa shape index (κ2) is 9.14. The van der Waals surface area contributed by atoms with Crippen molar-refractivity contribution in [2.45, 2.75) is 72.4 Å². The van der Waals surface area contributed by atoms with Crippen LogP contribution in [0.4, 0.5) is 0 Å². The molecule has 1 atom stereocenters. The molecule has 0 fully saturated rings. The third kappa shape index (κ3) is 7.37. The fourth-order valence-electron chi connectivity index (χ4n) is 2.36. The van der Waals surface area contributed by atoms with Crippen LogP contribution in [0.25, 0.3) is 0 Å². The number of rotatable bonds is 9. The summed E-state index contributed by atoms with van der Waals surface area (Å²) in [5, 5.41) is 3.62. The van der Waals surface area contributed by atoms with E-state index in [-0.39, 0.29) is 0 Å². The molecular weight excluding hydrogens is 230 g/mol. The van der Waals surface area contributed by atoms with Crippen LogP contribution in [0, 0.1) is 5.92 Å². The van der Waals surface area contributed by atoms with E-state index in [4.69, 9.17) is 0 Å². The van der Waals surface area contributed by atoms with Crippen molar-refractivity contribution in [3.63, 3.8) is 0 Å². The van der Waals surface area contributed by atoms with Crippen LogP contribution in [0.2, 0.25) is 0 Å². The van der Waals surface area contributed by atoms with Gasteiger partial charge in [-0.1, -0.05) is 64.3 Å². The first-order valence-electron chi connectivity index (χ1n) is 7.93. The zero-order chi connectivity index (χ0) is 14.1. The van der Waals surface area contributed by atoms with E-state index < -0.39 is 0 Å². The van der Waals surface area contributed by atoms with Crippen LogP contribution < -0.4 is 5.32 Å². The Bertz CT molecular complexity index is 326. The Morgan fingerprint density at radius 2 is 1.58 bits per heavy atom. The van der Waals surface area contributed by atoms with Crippen LogP contribution in [-0.2, 0) is 13.0 Å². The molecule has 0 amide bonds. The molecule has 0 aromatic heterocycles. The highest BCUT2D eigenvalue weighted by molar-refractivity contribution is 5.22. The summed E-state index contributed by atoms with van der Waals surface area (Å²) in [5.74, 6) is 0.738. The fraction of sp³-hybridized carbons (Fsp3) is 0.667. The van der Waals surface area contributed by atoms with Gasteiger partial charge in [0.15, 0.2) is 0 Å². The first kappa shape index (κ1) is 16.2. The number of benzene rings is 1. The second-order valence-electron chi connectivity index (χ2n) is 6.19. The van der Waals surface area contributed by atoms with Gasteiger partial charge in [0.05, 0.1) is 0 Å². The maximum absolute atomic E-state index is 3.62. The van der Waals surface area contributed by atoms with Crippen molar-refractivity contribution in [2.24, 2.45) is 5.92 Å². The number of nitrogens with one attached hydrogen (secondary N) is 1. The van der Waals surface area contributed by atoms with Gasteiger partial charge >= 0.3 is 0 Å². The topological polar surface area (TPSA) is 12.0 Å². The zero-order valence-electron chi connectivity index (χ0n) is 13.2. The molecule has 1 N–H and O–H groups in total. The van der Waals surface area contributed by atoms with Gasteiger partial charge in [0, 0.05) is 12.6 Å². The summed E-state index contributed by atoms with van der Waals surface area (Å²) >= 11 is 0. The van der Waals surface area contributed by atoms with Gasteiger partial charge in [-0.2, -0.15) is 0 Å². The van der Waals surface area contributed by atoms with Gasteiger partial charge in [-0.3, -0.25) is 0 Å². The molecule has 1 rings (SSSR count). The number of unbranched alkanes of at least 4 members (excludes halogenated alkanes) is 2. The molecule has 1 nitrogen and oxygen atoms in total. The van der Waals surface area contributed by atoms with Crippen LogP contribution in [0.15, 0.2) is 24.3 Å². The van der Waals surface area contributed by atoms with Crippen molar-refractivity contribution >= 4 is 0 Å². The monoisotopic (exact) mass is 261 g/mol. The van der Waals surface area contributed by atoms with Crippen molar-refractivity contribution in [1.82, 2.24) is 5.32 Å². The van der Waals surface area contributed by atoms with E-state index >= 15 is 0 Å². The SMILES string of the molecule is CCCCCC(C)NCc1ccc(CC(C)C)cc1. The molecule has 1 heteroatoms. The normalized spacial score (nSPS) is 12.9. The lowest BCUT2D eigenvalue weighted by Crippen LogP contribution is -2.25. The van der Waals surface area contributed by atoms with Crippen LogP contribution in [0.3, 0.4) is 0 Å². The fourth-order valence-corrected chi connectivity index (χ4v) is 2.36. The maximum atomic E-state index is 3.62. The highest BCUT2D eigenvalue weighted by Gasteiger charge is 2.02. The smallest absolute Gasteiger partial charge is 0.0207 e. The van der Waals surface area contributed by atoms with E-state index in [0.717, 1.165) is 12.5 Å². The van der Waals surface area contributed by atoms with Crippen molar-refractivity contribution in [1.29, 1.82) is 0 Å². The van der Waals surface area contributed by atoms with E-state index in [1.165, 1.54) is 43.2 Å². The molecule has 0 aliphatic heterocycles. The Labute approximate surface area is 119 Å². The lowest BCUT2D eigenvalue weighted by atomic mass is 10.0. The average Bonchev–Trinajstić information content (AvgIpc) is 2.37. The largest absolute Gasteiger partial charge is 0.310 e. The molecule has 0 saturated carbocycles. The van der Waals surface area contributed by atoms with Gasteiger partial charge < -0.3 is 5.32 Å². The van der Waals surface area contributed by atoms with Crippen LogP contribution in [-0.4, -0.2) is 6.04 Å². The Morgan fingerprint density at radius 1 is 0.947 bits per heavy atom. The predicted molar refractivity (Wildman–Crippen MR) is 85.4 cm³/mol. The van der Waals surface area contributed by atoms with E-state index in [1.54, 1.807) is 0 Å². The first-order chi connectivity index (χ1) is 9.11. The van der Waals surface area contributed by atoms with Crippen molar-refractivity contribution < 1.29 is 0 Å². The van der Waals surface area contributed by atoms with E-state index in [1.807, 2.05) is 0 Å². The van der Waals surface area contributed by atoms with Gasteiger partial charge in [-0.15, -0.1) is 0 Å². The Kier molecular flexibility index (Phi) is 7.81. The Hall–Kier alpha value is -0.820. The van der Waals surface area contributed by atoms with E-state index in [0.29, 0.717) is 6.04 Å². The molecule has 0 bridgehead atoms. The van der Waals surface area contributed by atoms with Crippen molar-refractivity contribution in [3.8, 4) is 0 Å². The molecule has 0 saturated heterocycles. The van der Waals surface area contributed by atoms with Gasteiger partial charge in [0.25, 0.3) is 0 Å². The van der Waals surface area contributed by atoms with Gasteiger partial charge in [-0.05, 0) is 36.8 Å². The maximum Gasteiger partial charge on any atom is 0.0207 e. The quantitative estimate of drug-likeness (QED) is 0.621. The molecule has 1 aromatic rings. The summed E-state index contributed by atoms with van der Waals surface area (Å²) in [5.41, 5.74) is 2.85. The highest BCUT2D eigenvalue weighted by atomic mass is 14.9. The van der Waals surface area contributed by atoms with Crippen molar-refractivity contribution in [2.75, 3.05) is 0 Å². The third-order valence-electron chi connectivity index (χ3n) is 3.56. The van der Waals surface area contributed by atoms with Gasteiger partial charge in [0.2, 0.25) is 0 Å². The third-order valence-corrected chi connectivity index (χ3v) is 3.56. The van der Waals surface area contributed by atoms with E-state index in [2.05, 4.69) is 57.3 Å². The minimum absolute atomic E-state index is 0.627. The summed E-state index contributed by atoms with van der Waals surface area (Å²) in [6.07, 6.45) is 6.48. The lowest BCUT2D eigenvalue weighted by Gasteiger charge is -2.14. The highest BCUT2D eigenvalue weighted by Crippen LogP contribution is 2.10. The molecule has 0 heterocycles. The Morgan fingerprint density at radius 3 is 2.16 bits per heavy atom. The molecule has 0 aliphatic rings. The predicted octanol–water partition coefficient (Wildman–Crippen LogP) is 4.94. The molecular formula is C18H31N. The van der Waals surface area contributed by atoms with Crippen LogP contribution >= 0.6 is 0 Å². The molecule has 108 valence electrons. The first-order valence-corrected chi connectivity index (χ1v) is 7.93. The second-order valence-corrected chi connectivity index (χ2v) is 6.19. The zero-order valence-corrected chi connectivity index (χ0v) is 13.2. The molecule has 1 aromatic carbocycles. The lowest BCUT2D eigenvalue weighted by molar-refractivity contribution is 0.487. The molecule has 0 spiro atoms. The number of hydrogen-bond donors (Lipinski definition) is 1. The molecule has 0 radical (unpaired) electrons. The summed E-state index contributed by atoms with van der Waals surface area (Å²) in [4.78, 5) is 0. The van der Waals surface area contributed by atoms with E-state index in [9.17, 15) is 0 Å². The summed E-state index contributed by atoms with van der Waals surface area (Å²) in [6, 6.07) is 9.71. The molecule has 1 unspecified atom stereocenters. The minimum atomic E-state index is 0.627. The Balaban J connectivity index is 2.29. The number of hydrogen-bond acceptors (Lipinski definition) is 1. The van der Waals surface area contributed by atoms with Crippen LogP contribution in [0.1, 0.15) is 64.5 Å². The van der Waals surface area contributed by atoms with Gasteiger partial charge in [-0.25, -0.2) is 0 Å². The summed E-state index contributed by atoms with van der Waals surface area (Å²) in [6.45, 7) is 10.1. The molecule has 19 heavy (non-hydrogen) atoms.